The number of amides is 10. The van der Waals surface area contributed by atoms with Gasteiger partial charge in [0, 0.05) is 25.1 Å². The summed E-state index contributed by atoms with van der Waals surface area (Å²) >= 11 is 5.55. The average Bonchev–Trinajstić information content (AvgIpc) is 4.24. The van der Waals surface area contributed by atoms with Crippen molar-refractivity contribution in [3.8, 4) is 11.5 Å². The molecule has 1 aliphatic heterocycles. The number of primary amides is 1. The van der Waals surface area contributed by atoms with Crippen LogP contribution in [0.4, 0.5) is 0 Å². The van der Waals surface area contributed by atoms with Gasteiger partial charge in [0.25, 0.3) is 0 Å². The van der Waals surface area contributed by atoms with Gasteiger partial charge in [-0.2, -0.15) is 24.4 Å². The summed E-state index contributed by atoms with van der Waals surface area (Å²) in [5, 5.41) is 49.7. The Morgan fingerprint density at radius 3 is 1.75 bits per heavy atom. The lowest BCUT2D eigenvalue weighted by Gasteiger charge is -2.30. The molecule has 0 aromatic heterocycles. The molecule has 3 aromatic carbocycles. The highest BCUT2D eigenvalue weighted by molar-refractivity contribution is 7.98. The number of hydrogen-bond acceptors (Lipinski definition) is 17. The summed E-state index contributed by atoms with van der Waals surface area (Å²) < 4.78 is 0. The Bertz CT molecular complexity index is 2710. The Morgan fingerprint density at radius 1 is 0.639 bits per heavy atom. The minimum Gasteiger partial charge on any atom is -0.508 e. The molecule has 0 bridgehead atoms. The third-order valence-corrected chi connectivity index (χ3v) is 14.3. The Hall–Kier alpha value is -7.95. The molecule has 0 aliphatic carbocycles. The molecule has 1 heterocycles. The number of carboxylic acids is 1. The predicted molar refractivity (Wildman–Crippen MR) is 310 cm³/mol. The molecule has 26 nitrogen and oxygen atoms in total. The van der Waals surface area contributed by atoms with Crippen LogP contribution in [0.5, 0.6) is 11.5 Å². The van der Waals surface area contributed by atoms with E-state index in [0.717, 1.165) is 5.56 Å². The van der Waals surface area contributed by atoms with Crippen LogP contribution in [0.15, 0.2) is 78.9 Å². The number of benzene rings is 3. The van der Waals surface area contributed by atoms with Crippen molar-refractivity contribution in [2.75, 3.05) is 37.4 Å². The normalized spacial score (nSPS) is 15.7. The molecule has 0 saturated carbocycles. The Balaban J connectivity index is 1.45. The van der Waals surface area contributed by atoms with E-state index in [1.54, 1.807) is 12.1 Å². The molecule has 1 fully saturated rings. The van der Waals surface area contributed by atoms with Gasteiger partial charge in [-0.15, -0.1) is 0 Å². The fourth-order valence-electron chi connectivity index (χ4n) is 8.77. The van der Waals surface area contributed by atoms with Gasteiger partial charge in [0.05, 0.1) is 19.0 Å². The first kappa shape index (κ1) is 67.6. The molecule has 452 valence electrons. The van der Waals surface area contributed by atoms with Crippen LogP contribution in [0.25, 0.3) is 0 Å². The van der Waals surface area contributed by atoms with E-state index in [4.69, 9.17) is 17.2 Å². The Kier molecular flexibility index (Phi) is 28.1. The lowest BCUT2D eigenvalue weighted by atomic mass is 10.0. The Labute approximate surface area is 490 Å². The van der Waals surface area contributed by atoms with E-state index >= 15 is 0 Å². The number of thioether (sulfide) groups is 1. The van der Waals surface area contributed by atoms with Gasteiger partial charge in [-0.3, -0.25) is 47.9 Å². The maximum Gasteiger partial charge on any atom is 0.326 e. The van der Waals surface area contributed by atoms with Crippen LogP contribution in [0.3, 0.4) is 0 Å². The molecular formula is C55H76N12O14S2. The molecule has 4 rings (SSSR count). The summed E-state index contributed by atoms with van der Waals surface area (Å²) in [5.41, 5.74) is 18.9. The third kappa shape index (κ3) is 22.7. The molecule has 0 radical (unpaired) electrons. The Morgan fingerprint density at radius 2 is 1.17 bits per heavy atom. The zero-order valence-corrected chi connectivity index (χ0v) is 47.9. The second kappa shape index (κ2) is 34.5. The minimum atomic E-state index is -1.63. The van der Waals surface area contributed by atoms with Gasteiger partial charge in [-0.05, 0) is 111 Å². The topological polar surface area (TPSA) is 426 Å². The van der Waals surface area contributed by atoms with E-state index in [2.05, 4.69) is 55.2 Å². The van der Waals surface area contributed by atoms with Crippen molar-refractivity contribution >= 4 is 89.4 Å². The summed E-state index contributed by atoms with van der Waals surface area (Å²) in [6, 6.07) is 8.97. The summed E-state index contributed by atoms with van der Waals surface area (Å²) in [7, 11) is 0. The number of carboxylic acid groups (broad SMARTS) is 1. The first-order chi connectivity index (χ1) is 39.5. The molecule has 83 heavy (non-hydrogen) atoms. The zero-order valence-electron chi connectivity index (χ0n) is 46.2. The number of rotatable bonds is 34. The van der Waals surface area contributed by atoms with Gasteiger partial charge in [-0.1, -0.05) is 54.6 Å². The molecule has 0 spiro atoms. The number of carbonyl (C=O) groups excluding carboxylic acids is 10. The largest absolute Gasteiger partial charge is 0.508 e. The first-order valence-corrected chi connectivity index (χ1v) is 28.9. The van der Waals surface area contributed by atoms with Crippen molar-refractivity contribution in [1.82, 2.24) is 47.4 Å². The quantitative estimate of drug-likeness (QED) is 0.0222. The van der Waals surface area contributed by atoms with Crippen LogP contribution < -0.4 is 59.7 Å². The second-order valence-electron chi connectivity index (χ2n) is 19.9. The molecule has 1 aliphatic rings. The lowest BCUT2D eigenvalue weighted by molar-refractivity contribution is -0.142. The molecule has 3 aromatic rings. The van der Waals surface area contributed by atoms with E-state index in [0.29, 0.717) is 36.1 Å². The SMILES string of the molecule is CSCC[C@H](NC(=O)[C@@H](N)Cc1ccccc1)C(=O)N[C@@H](Cc1ccc(O)cc1)C(=O)N[C@@H](C)C(=O)N[C@@H](Cc1ccc(O)cc1)C(=O)N1CCC[C@H]1C(=O)NCC(=O)N[C@@H](CS)C(=O)N[C@@H](CC(N)=O)C(=O)N[C@@H](CCCCN)C(=O)O. The highest BCUT2D eigenvalue weighted by atomic mass is 32.2. The summed E-state index contributed by atoms with van der Waals surface area (Å²) in [4.78, 5) is 148. The van der Waals surface area contributed by atoms with Crippen molar-refractivity contribution < 1.29 is 68.1 Å². The van der Waals surface area contributed by atoms with Crippen molar-refractivity contribution in [2.24, 2.45) is 17.2 Å². The van der Waals surface area contributed by atoms with Gasteiger partial charge >= 0.3 is 5.97 Å². The highest BCUT2D eigenvalue weighted by Gasteiger charge is 2.39. The van der Waals surface area contributed by atoms with Gasteiger partial charge < -0.3 is 80.0 Å². The monoisotopic (exact) mass is 1190 g/mol. The smallest absolute Gasteiger partial charge is 0.326 e. The van der Waals surface area contributed by atoms with Gasteiger partial charge in [0.15, 0.2) is 0 Å². The van der Waals surface area contributed by atoms with Crippen LogP contribution in [0.1, 0.15) is 68.6 Å². The van der Waals surface area contributed by atoms with Gasteiger partial charge in [0.2, 0.25) is 59.1 Å². The van der Waals surface area contributed by atoms with Gasteiger partial charge in [-0.25, -0.2) is 4.79 Å². The fraction of sp³-hybridized carbons (Fsp3) is 0.473. The zero-order chi connectivity index (χ0) is 61.2. The molecule has 17 N–H and O–H groups in total. The molecule has 28 heteroatoms. The number of unbranched alkanes of at least 4 members (excludes halogenated alkanes) is 1. The van der Waals surface area contributed by atoms with Crippen molar-refractivity contribution in [2.45, 2.75) is 126 Å². The first-order valence-electron chi connectivity index (χ1n) is 26.9. The van der Waals surface area contributed by atoms with E-state index in [9.17, 15) is 68.1 Å². The maximum atomic E-state index is 14.5. The average molecular weight is 1190 g/mol. The predicted octanol–water partition coefficient (Wildman–Crippen LogP) is -2.25. The number of aliphatic carboxylic acids is 1. The summed E-state index contributed by atoms with van der Waals surface area (Å²) in [6.07, 6.45) is 2.53. The van der Waals surface area contributed by atoms with Crippen LogP contribution in [0.2, 0.25) is 0 Å². The number of phenols is 2. The molecule has 0 unspecified atom stereocenters. The van der Waals surface area contributed by atoms with Crippen molar-refractivity contribution in [3.05, 3.63) is 95.6 Å². The number of hydrogen-bond donors (Lipinski definition) is 15. The van der Waals surface area contributed by atoms with E-state index in [1.807, 2.05) is 36.6 Å². The number of aromatic hydroxyl groups is 2. The number of nitrogens with two attached hydrogens (primary N) is 3. The lowest BCUT2D eigenvalue weighted by Crippen LogP contribution is -2.60. The van der Waals surface area contributed by atoms with E-state index in [1.165, 1.54) is 60.0 Å². The standard InChI is InChI=1S/C55H76N12O14S2/c1-31(60-50(75)40(26-33-13-17-35(68)18-14-33)64-49(74)38(21-24-83-2)62-48(73)37(57)25-32-9-4-3-5-10-32)47(72)66-42(27-34-15-19-36(69)20-16-34)54(79)67-23-8-12-44(67)53(78)59-29-46(71)61-43(30-82)52(77)65-41(28-45(58)70)51(76)63-39(55(80)81)11-6-7-22-56/h3-5,9-10,13-20,31,37-44,68-69,82H,6-8,11-12,21-30,56-57H2,1-2H3,(H2,58,70)(H,59,78)(H,60,75)(H,61,71)(H,62,73)(H,63,76)(H,64,74)(H,65,77)(H,66,72)(H,80,81)/t31-,37-,38-,39-,40-,41-,42-,43-,44-/m0/s1. The minimum absolute atomic E-state index is 0.00970. The molecular weight excluding hydrogens is 1120 g/mol. The summed E-state index contributed by atoms with van der Waals surface area (Å²) in [5.74, 6) is -9.72. The maximum absolute atomic E-state index is 14.5. The van der Waals surface area contributed by atoms with Crippen LogP contribution in [0, 0.1) is 0 Å². The number of thiol groups is 1. The van der Waals surface area contributed by atoms with Crippen molar-refractivity contribution in [1.29, 1.82) is 0 Å². The molecule has 9 atom stereocenters. The highest BCUT2D eigenvalue weighted by Crippen LogP contribution is 2.21. The number of nitrogens with one attached hydrogen (secondary N) is 8. The third-order valence-electron chi connectivity index (χ3n) is 13.3. The van der Waals surface area contributed by atoms with Crippen molar-refractivity contribution in [3.63, 3.8) is 0 Å². The fourth-order valence-corrected chi connectivity index (χ4v) is 9.50. The number of carbonyl (C=O) groups is 11. The van der Waals surface area contributed by atoms with Gasteiger partial charge in [0.1, 0.15) is 59.8 Å². The van der Waals surface area contributed by atoms with E-state index in [-0.39, 0.29) is 68.9 Å². The number of phenolic OH excluding ortho intramolecular Hbond substituents is 2. The number of likely N-dealkylation sites (tertiary alicyclic amines) is 1. The van der Waals surface area contributed by atoms with Crippen LogP contribution >= 0.6 is 24.4 Å². The molecule has 10 amide bonds. The second-order valence-corrected chi connectivity index (χ2v) is 21.2. The van der Waals surface area contributed by atoms with Crippen LogP contribution in [-0.4, -0.2) is 177 Å². The van der Waals surface area contributed by atoms with E-state index < -0.39 is 132 Å². The molecule has 1 saturated heterocycles. The summed E-state index contributed by atoms with van der Waals surface area (Å²) in [6.45, 7) is 0.979. The number of nitrogens with zero attached hydrogens (tertiary/aromatic N) is 1. The van der Waals surface area contributed by atoms with Crippen LogP contribution in [-0.2, 0) is 72.0 Å².